The number of halogens is 1. The number of aryl methyl sites for hydroxylation is 2. The lowest BCUT2D eigenvalue weighted by molar-refractivity contribution is 0.432. The summed E-state index contributed by atoms with van der Waals surface area (Å²) in [6, 6.07) is 9.01. The molecular formula is C27H34FNO. The number of hydrogen-bond acceptors (Lipinski definition) is 2. The first kappa shape index (κ1) is 23.6. The highest BCUT2D eigenvalue weighted by atomic mass is 19.1. The van der Waals surface area contributed by atoms with Crippen molar-refractivity contribution in [2.24, 2.45) is 4.99 Å². The van der Waals surface area contributed by atoms with Crippen LogP contribution in [0.5, 0.6) is 5.75 Å². The van der Waals surface area contributed by atoms with Gasteiger partial charge in [0.2, 0.25) is 0 Å². The molecule has 30 heavy (non-hydrogen) atoms. The molecule has 2 nitrogen and oxygen atoms in total. The van der Waals surface area contributed by atoms with E-state index < -0.39 is 5.82 Å². The minimum absolute atomic E-state index is 0.303. The van der Waals surface area contributed by atoms with Gasteiger partial charge in [-0.2, -0.15) is 0 Å². The van der Waals surface area contributed by atoms with Gasteiger partial charge in [0.15, 0.2) is 11.6 Å². The van der Waals surface area contributed by atoms with E-state index in [1.807, 2.05) is 32.9 Å². The van der Waals surface area contributed by atoms with E-state index in [1.54, 1.807) is 0 Å². The van der Waals surface area contributed by atoms with Gasteiger partial charge in [0, 0.05) is 11.4 Å². The smallest absolute Gasteiger partial charge is 0.165 e. The van der Waals surface area contributed by atoms with E-state index >= 15 is 0 Å². The molecule has 2 aromatic carbocycles. The van der Waals surface area contributed by atoms with E-state index in [2.05, 4.69) is 33.4 Å². The van der Waals surface area contributed by atoms with E-state index in [-0.39, 0.29) is 5.75 Å². The molecule has 0 spiro atoms. The summed E-state index contributed by atoms with van der Waals surface area (Å²) in [6.45, 7) is 16.8. The first-order chi connectivity index (χ1) is 14.2. The summed E-state index contributed by atoms with van der Waals surface area (Å²) in [6.07, 6.45) is 3.79. The maximum Gasteiger partial charge on any atom is 0.165 e. The molecule has 0 aliphatic heterocycles. The lowest BCUT2D eigenvalue weighted by atomic mass is 9.92. The third-order valence-electron chi connectivity index (χ3n) is 5.61. The molecule has 160 valence electrons. The summed E-state index contributed by atoms with van der Waals surface area (Å²) in [7, 11) is 0. The van der Waals surface area contributed by atoms with Crippen molar-refractivity contribution in [1.82, 2.24) is 0 Å². The van der Waals surface area contributed by atoms with Crippen molar-refractivity contribution in [1.29, 1.82) is 0 Å². The van der Waals surface area contributed by atoms with Gasteiger partial charge in [-0.3, -0.25) is 4.99 Å². The van der Waals surface area contributed by atoms with Crippen molar-refractivity contribution < 1.29 is 9.50 Å². The zero-order valence-electron chi connectivity index (χ0n) is 19.2. The van der Waals surface area contributed by atoms with Crippen LogP contribution >= 0.6 is 0 Å². The van der Waals surface area contributed by atoms with Crippen LogP contribution in [0.1, 0.15) is 70.6 Å². The number of benzene rings is 2. The van der Waals surface area contributed by atoms with Gasteiger partial charge in [0.25, 0.3) is 0 Å². The quantitative estimate of drug-likeness (QED) is 0.441. The van der Waals surface area contributed by atoms with Gasteiger partial charge < -0.3 is 5.11 Å². The Kier molecular flexibility index (Phi) is 8.16. The highest BCUT2D eigenvalue weighted by Gasteiger charge is 2.13. The minimum atomic E-state index is -0.599. The Labute approximate surface area is 180 Å². The van der Waals surface area contributed by atoms with Crippen molar-refractivity contribution in [3.63, 3.8) is 0 Å². The number of rotatable bonds is 8. The summed E-state index contributed by atoms with van der Waals surface area (Å²) < 4.78 is 14.0. The largest absolute Gasteiger partial charge is 0.505 e. The van der Waals surface area contributed by atoms with E-state index in [4.69, 9.17) is 4.99 Å². The van der Waals surface area contributed by atoms with E-state index in [9.17, 15) is 9.50 Å². The zero-order chi connectivity index (χ0) is 22.4. The summed E-state index contributed by atoms with van der Waals surface area (Å²) in [5, 5.41) is 9.70. The number of aromatic hydroxyl groups is 1. The molecule has 0 amide bonds. The Bertz CT molecular complexity index is 998. The van der Waals surface area contributed by atoms with Gasteiger partial charge in [-0.15, -0.1) is 0 Å². The molecule has 0 saturated heterocycles. The molecule has 0 aliphatic carbocycles. The van der Waals surface area contributed by atoms with Crippen molar-refractivity contribution in [3.8, 4) is 16.9 Å². The van der Waals surface area contributed by atoms with E-state index in [1.165, 1.54) is 17.7 Å². The first-order valence-corrected chi connectivity index (χ1v) is 10.8. The number of allylic oxidation sites excluding steroid dienone is 3. The average Bonchev–Trinajstić information content (AvgIpc) is 2.72. The maximum absolute atomic E-state index is 14.0. The van der Waals surface area contributed by atoms with Crippen LogP contribution in [0, 0.1) is 12.7 Å². The zero-order valence-corrected chi connectivity index (χ0v) is 19.2. The molecule has 2 rings (SSSR count). The molecule has 0 aromatic heterocycles. The second-order valence-corrected chi connectivity index (χ2v) is 7.85. The normalized spacial score (nSPS) is 12.7. The fraction of sp³-hybridized carbons (Fsp3) is 0.370. The Morgan fingerprint density at radius 1 is 1.10 bits per heavy atom. The minimum Gasteiger partial charge on any atom is -0.505 e. The van der Waals surface area contributed by atoms with Gasteiger partial charge in [0.1, 0.15) is 0 Å². The van der Waals surface area contributed by atoms with Crippen LogP contribution < -0.4 is 0 Å². The first-order valence-electron chi connectivity index (χ1n) is 10.8. The highest BCUT2D eigenvalue weighted by molar-refractivity contribution is 6.22. The monoisotopic (exact) mass is 407 g/mol. The molecule has 0 atom stereocenters. The van der Waals surface area contributed by atoms with Gasteiger partial charge >= 0.3 is 0 Å². The topological polar surface area (TPSA) is 32.6 Å². The molecule has 0 radical (unpaired) electrons. The number of aliphatic imine (C=N–C) groups is 1. The van der Waals surface area contributed by atoms with Crippen LogP contribution in [0.2, 0.25) is 0 Å². The maximum atomic E-state index is 14.0. The Morgan fingerprint density at radius 2 is 1.80 bits per heavy atom. The predicted octanol–water partition coefficient (Wildman–Crippen LogP) is 8.03. The van der Waals surface area contributed by atoms with Gasteiger partial charge in [-0.25, -0.2) is 4.39 Å². The second-order valence-electron chi connectivity index (χ2n) is 7.85. The molecule has 0 aliphatic rings. The third-order valence-corrected chi connectivity index (χ3v) is 5.61. The summed E-state index contributed by atoms with van der Waals surface area (Å²) in [4.78, 5) is 4.88. The molecule has 3 heteroatoms. The second kappa shape index (κ2) is 10.4. The molecular weight excluding hydrogens is 373 g/mol. The van der Waals surface area contributed by atoms with Crippen LogP contribution in [0.4, 0.5) is 4.39 Å². The van der Waals surface area contributed by atoms with Gasteiger partial charge in [-0.1, -0.05) is 57.5 Å². The molecule has 0 heterocycles. The van der Waals surface area contributed by atoms with Gasteiger partial charge in [-0.05, 0) is 85.6 Å². The number of hydrogen-bond donors (Lipinski definition) is 1. The third kappa shape index (κ3) is 5.27. The van der Waals surface area contributed by atoms with E-state index in [0.717, 1.165) is 64.1 Å². The summed E-state index contributed by atoms with van der Waals surface area (Å²) in [5.41, 5.74) is 9.06. The number of phenols is 1. The van der Waals surface area contributed by atoms with Crippen LogP contribution in [0.3, 0.4) is 0 Å². The van der Waals surface area contributed by atoms with Crippen LogP contribution in [0.25, 0.3) is 16.7 Å². The fourth-order valence-electron chi connectivity index (χ4n) is 3.80. The molecule has 1 N–H and O–H groups in total. The van der Waals surface area contributed by atoms with Crippen molar-refractivity contribution in [2.75, 3.05) is 0 Å². The Morgan fingerprint density at radius 3 is 2.37 bits per heavy atom. The lowest BCUT2D eigenvalue weighted by Crippen LogP contribution is -2.00. The number of phenolic OH excluding ortho intramolecular Hbond substituents is 1. The SMILES string of the molecule is C=C(C(C)=N/C(CC)=C(\C)CCC)c1ccc(-c2cc(F)c(O)cc2CC)cc1C. The van der Waals surface area contributed by atoms with Gasteiger partial charge in [0.05, 0.1) is 0 Å². The van der Waals surface area contributed by atoms with Crippen LogP contribution in [-0.4, -0.2) is 10.8 Å². The fourth-order valence-corrected chi connectivity index (χ4v) is 3.80. The van der Waals surface area contributed by atoms with Crippen LogP contribution in [0.15, 0.2) is 53.2 Å². The Balaban J connectivity index is 2.42. The molecule has 0 bridgehead atoms. The van der Waals surface area contributed by atoms with Crippen molar-refractivity contribution in [3.05, 3.63) is 70.7 Å². The van der Waals surface area contributed by atoms with Crippen molar-refractivity contribution >= 4 is 11.3 Å². The molecule has 0 saturated carbocycles. The standard InChI is InChI=1S/C27H34FNO/c1-8-11-17(4)26(10-3)29-20(7)19(6)23-13-12-22(14-18(23)5)24-16-25(28)27(30)15-21(24)9-2/h12-16,30H,6,8-11H2,1-5,7H3/b26-17+,29-20?. The lowest BCUT2D eigenvalue weighted by Gasteiger charge is -2.15. The highest BCUT2D eigenvalue weighted by Crippen LogP contribution is 2.32. The van der Waals surface area contributed by atoms with E-state index in [0.29, 0.717) is 6.42 Å². The Hall–Kier alpha value is -2.68. The summed E-state index contributed by atoms with van der Waals surface area (Å²) >= 11 is 0. The molecule has 2 aromatic rings. The van der Waals surface area contributed by atoms with Crippen LogP contribution in [-0.2, 0) is 6.42 Å². The molecule has 0 unspecified atom stereocenters. The van der Waals surface area contributed by atoms with Crippen molar-refractivity contribution in [2.45, 2.75) is 67.2 Å². The average molecular weight is 408 g/mol. The molecule has 0 fully saturated rings. The number of nitrogens with zero attached hydrogens (tertiary/aromatic N) is 1. The predicted molar refractivity (Wildman–Crippen MR) is 128 cm³/mol. The summed E-state index contributed by atoms with van der Waals surface area (Å²) in [5.74, 6) is -0.903.